The SMILES string of the molecule is C=Cc1ccc(Oc2ccc(C3(c4cc(F)cc(F)c4)c4ccccc4-c4ccc(N(c5ccc(-c6ccc(F)cc6)cc5)c5ccc(-c6ccc(N(c7ccc(-c8ccc(F)cc8)cc7)c7ccc8c(c7)C(c7ccc(Oc9ccc(C=C)cc9)cc7)(c7cc(F)cc(F)c7)c7ccccc7-8)cc6)cc5)cc43)cc2)cc1. The van der Waals surface area contributed by atoms with Crippen LogP contribution in [0.5, 0.6) is 23.0 Å². The summed E-state index contributed by atoms with van der Waals surface area (Å²) in [4.78, 5) is 4.33. The Morgan fingerprint density at radius 2 is 0.482 bits per heavy atom. The topological polar surface area (TPSA) is 24.9 Å². The summed E-state index contributed by atoms with van der Waals surface area (Å²) in [5.74, 6) is -1.09. The zero-order valence-corrected chi connectivity index (χ0v) is 60.2. The number of ether oxygens (including phenoxy) is 2. The maximum atomic E-state index is 16.1. The van der Waals surface area contributed by atoms with Gasteiger partial charge in [-0.15, -0.1) is 0 Å². The van der Waals surface area contributed by atoms with E-state index in [0.29, 0.717) is 34.1 Å². The largest absolute Gasteiger partial charge is 0.457 e. The average molecular weight is 1470 g/mol. The van der Waals surface area contributed by atoms with Crippen molar-refractivity contribution in [2.75, 3.05) is 9.80 Å². The maximum absolute atomic E-state index is 16.1. The molecule has 0 N–H and O–H groups in total. The Hall–Kier alpha value is -14.2. The van der Waals surface area contributed by atoms with Crippen LogP contribution in [-0.2, 0) is 10.8 Å². The first kappa shape index (κ1) is 69.5. The van der Waals surface area contributed by atoms with Crippen LogP contribution in [0.1, 0.15) is 55.6 Å². The Morgan fingerprint density at radius 3 is 0.777 bits per heavy atom. The van der Waals surface area contributed by atoms with Crippen LogP contribution >= 0.6 is 0 Å². The van der Waals surface area contributed by atoms with Gasteiger partial charge in [-0.1, -0.05) is 207 Å². The zero-order valence-electron chi connectivity index (χ0n) is 60.2. The molecular weight excluding hydrogens is 1400 g/mol. The van der Waals surface area contributed by atoms with E-state index in [1.807, 2.05) is 182 Å². The Labute approximate surface area is 645 Å². The minimum atomic E-state index is -1.24. The lowest BCUT2D eigenvalue weighted by Gasteiger charge is -2.35. The number of halogens is 6. The van der Waals surface area contributed by atoms with Gasteiger partial charge in [0.15, 0.2) is 0 Å². The summed E-state index contributed by atoms with van der Waals surface area (Å²) < 4.78 is 106. The molecule has 2 atom stereocenters. The van der Waals surface area contributed by atoms with Gasteiger partial charge in [-0.25, -0.2) is 26.3 Å². The summed E-state index contributed by atoms with van der Waals surface area (Å²) in [7, 11) is 0. The molecule has 0 bridgehead atoms. The van der Waals surface area contributed by atoms with Crippen LogP contribution in [0.3, 0.4) is 0 Å². The van der Waals surface area contributed by atoms with E-state index in [4.69, 9.17) is 9.47 Å². The highest BCUT2D eigenvalue weighted by Crippen LogP contribution is 2.60. The van der Waals surface area contributed by atoms with Crippen LogP contribution in [0.15, 0.2) is 377 Å². The molecule has 0 saturated carbocycles. The molecule has 10 heteroatoms. The van der Waals surface area contributed by atoms with E-state index in [2.05, 4.69) is 120 Å². The van der Waals surface area contributed by atoms with Crippen molar-refractivity contribution in [1.82, 2.24) is 0 Å². The molecule has 4 nitrogen and oxygen atoms in total. The molecule has 0 amide bonds. The second kappa shape index (κ2) is 28.7. The average Bonchev–Trinajstić information content (AvgIpc) is 1.53. The first-order chi connectivity index (χ1) is 54.8. The highest BCUT2D eigenvalue weighted by Gasteiger charge is 2.49. The van der Waals surface area contributed by atoms with Gasteiger partial charge in [-0.3, -0.25) is 0 Å². The van der Waals surface area contributed by atoms with Gasteiger partial charge >= 0.3 is 0 Å². The summed E-state index contributed by atoms with van der Waals surface area (Å²) in [5, 5.41) is 0. The van der Waals surface area contributed by atoms with Crippen molar-refractivity contribution in [3.63, 3.8) is 0 Å². The number of benzene rings is 16. The van der Waals surface area contributed by atoms with E-state index >= 15 is 17.6 Å². The number of hydrogen-bond donors (Lipinski definition) is 0. The molecule has 2 aliphatic rings. The highest BCUT2D eigenvalue weighted by molar-refractivity contribution is 5.93. The normalized spacial score (nSPS) is 14.3. The molecule has 2 unspecified atom stereocenters. The van der Waals surface area contributed by atoms with Crippen LogP contribution in [0.4, 0.5) is 60.5 Å². The van der Waals surface area contributed by atoms with E-state index in [-0.39, 0.29) is 11.6 Å². The fourth-order valence-corrected chi connectivity index (χ4v) is 16.5. The fraction of sp³-hybridized carbons (Fsp3) is 0.0196. The fourth-order valence-electron chi connectivity index (χ4n) is 16.5. The van der Waals surface area contributed by atoms with Crippen molar-refractivity contribution in [1.29, 1.82) is 0 Å². The lowest BCUT2D eigenvalue weighted by Crippen LogP contribution is -2.29. The second-order valence-corrected chi connectivity index (χ2v) is 28.0. The van der Waals surface area contributed by atoms with Crippen molar-refractivity contribution in [3.8, 4) is 78.6 Å². The van der Waals surface area contributed by atoms with E-state index in [9.17, 15) is 8.78 Å². The van der Waals surface area contributed by atoms with Gasteiger partial charge in [0.05, 0.1) is 10.8 Å². The van der Waals surface area contributed by atoms with Crippen molar-refractivity contribution in [2.24, 2.45) is 0 Å². The van der Waals surface area contributed by atoms with Crippen LogP contribution in [0.25, 0.3) is 67.8 Å². The molecule has 0 saturated heterocycles. The quantitative estimate of drug-likeness (QED) is 0.0754. The predicted octanol–water partition coefficient (Wildman–Crippen LogP) is 28.1. The molecule has 538 valence electrons. The first-order valence-corrected chi connectivity index (χ1v) is 36.7. The molecular formula is C102H66F6N2O2. The second-order valence-electron chi connectivity index (χ2n) is 28.0. The lowest BCUT2D eigenvalue weighted by atomic mass is 9.67. The standard InChI is InChI=1S/C102H66F6N2O2/c1-3-65-13-47-89(48-14-65)111-91-51-29-73(30-52-91)101(75-57-79(105)61-80(106)58-75)97-11-7-5-9-93(97)95-55-45-87(63-99(95)101)109(83-37-21-69(22-38-83)67-17-33-77(103)34-18-67)85-41-25-71(26-42-85)72-27-43-86(44-28-72)110(84-39-23-70(24-40-84)68-19-35-78(104)36-20-68)88-46-56-96-94-10-6-8-12-98(94)102(100(96)64-88,76-59-81(107)62-82(108)60-76)74-31-53-92(54-32-74)112-90-49-15-66(4-2)16-50-90/h3-64H,1-2H2. The Morgan fingerprint density at radius 1 is 0.223 bits per heavy atom. The third-order valence-electron chi connectivity index (χ3n) is 21.6. The van der Waals surface area contributed by atoms with Crippen molar-refractivity contribution < 1.29 is 35.8 Å². The third-order valence-corrected chi connectivity index (χ3v) is 21.6. The third kappa shape index (κ3) is 12.6. The monoisotopic (exact) mass is 1460 g/mol. The first-order valence-electron chi connectivity index (χ1n) is 36.7. The molecule has 112 heavy (non-hydrogen) atoms. The molecule has 0 aromatic heterocycles. The Kier molecular flexibility index (Phi) is 17.8. The van der Waals surface area contributed by atoms with Gasteiger partial charge in [-0.2, -0.15) is 0 Å². The molecule has 16 aromatic rings. The van der Waals surface area contributed by atoms with Gasteiger partial charge < -0.3 is 19.3 Å². The molecule has 0 aliphatic heterocycles. The summed E-state index contributed by atoms with van der Waals surface area (Å²) in [6, 6.07) is 112. The van der Waals surface area contributed by atoms with E-state index in [1.165, 1.54) is 48.5 Å². The number of fused-ring (bicyclic) bond motifs is 6. The molecule has 18 rings (SSSR count). The summed E-state index contributed by atoms with van der Waals surface area (Å²) in [5.41, 5.74) is 18.8. The number of rotatable bonds is 19. The smallest absolute Gasteiger partial charge is 0.127 e. The molecule has 2 aliphatic carbocycles. The minimum absolute atomic E-state index is 0.333. The van der Waals surface area contributed by atoms with Crippen molar-refractivity contribution in [2.45, 2.75) is 10.8 Å². The number of anilines is 6. The summed E-state index contributed by atoms with van der Waals surface area (Å²) in [6.45, 7) is 7.77. The Bertz CT molecular complexity index is 5830. The molecule has 0 fully saturated rings. The van der Waals surface area contributed by atoms with Crippen molar-refractivity contribution >= 4 is 46.3 Å². The zero-order chi connectivity index (χ0) is 76.2. The lowest BCUT2D eigenvalue weighted by molar-refractivity contribution is 0.482. The van der Waals surface area contributed by atoms with Crippen LogP contribution < -0.4 is 19.3 Å². The molecule has 16 aromatic carbocycles. The van der Waals surface area contributed by atoms with Gasteiger partial charge in [0.25, 0.3) is 0 Å². The Balaban J connectivity index is 0.744. The van der Waals surface area contributed by atoms with E-state index in [1.54, 1.807) is 36.4 Å². The van der Waals surface area contributed by atoms with Gasteiger partial charge in [-0.05, 0) is 281 Å². The highest BCUT2D eigenvalue weighted by atomic mass is 19.2. The van der Waals surface area contributed by atoms with Gasteiger partial charge in [0.1, 0.15) is 57.9 Å². The maximum Gasteiger partial charge on any atom is 0.127 e. The predicted molar refractivity (Wildman–Crippen MR) is 440 cm³/mol. The summed E-state index contributed by atoms with van der Waals surface area (Å²) in [6.07, 6.45) is 3.54. The van der Waals surface area contributed by atoms with Gasteiger partial charge in [0, 0.05) is 46.3 Å². The molecule has 0 radical (unpaired) electrons. The van der Waals surface area contributed by atoms with E-state index in [0.717, 1.165) is 146 Å². The number of hydrogen-bond acceptors (Lipinski definition) is 4. The van der Waals surface area contributed by atoms with Crippen molar-refractivity contribution in [3.05, 3.63) is 468 Å². The van der Waals surface area contributed by atoms with Gasteiger partial charge in [0.2, 0.25) is 0 Å². The molecule has 0 spiro atoms. The number of nitrogens with zero attached hydrogens (tertiary/aromatic N) is 2. The minimum Gasteiger partial charge on any atom is -0.457 e. The van der Waals surface area contributed by atoms with Crippen LogP contribution in [0.2, 0.25) is 0 Å². The molecule has 0 heterocycles. The summed E-state index contributed by atoms with van der Waals surface area (Å²) >= 11 is 0. The van der Waals surface area contributed by atoms with Crippen LogP contribution in [0, 0.1) is 34.9 Å². The van der Waals surface area contributed by atoms with E-state index < -0.39 is 34.1 Å². The van der Waals surface area contributed by atoms with Crippen LogP contribution in [-0.4, -0.2) is 0 Å².